The molecule has 21 heavy (non-hydrogen) atoms. The predicted octanol–water partition coefficient (Wildman–Crippen LogP) is 3.55. The number of nitrogens with two attached hydrogens (primary N) is 1. The monoisotopic (exact) mass is 305 g/mol. The SMILES string of the molecule is CCOC(=O)c1cc(Nc2cc(C)ccc2Cl)ncc1N. The van der Waals surface area contributed by atoms with Gasteiger partial charge < -0.3 is 15.8 Å². The molecule has 0 bridgehead atoms. The molecule has 6 heteroatoms. The van der Waals surface area contributed by atoms with Gasteiger partial charge in [-0.2, -0.15) is 0 Å². The van der Waals surface area contributed by atoms with E-state index in [0.717, 1.165) is 5.56 Å². The molecule has 1 heterocycles. The molecular formula is C15H16ClN3O2. The second-order valence-corrected chi connectivity index (χ2v) is 4.89. The molecule has 0 saturated carbocycles. The summed E-state index contributed by atoms with van der Waals surface area (Å²) in [4.78, 5) is 16.0. The van der Waals surface area contributed by atoms with Crippen molar-refractivity contribution in [3.63, 3.8) is 0 Å². The van der Waals surface area contributed by atoms with Crippen LogP contribution in [-0.4, -0.2) is 17.6 Å². The Hall–Kier alpha value is -2.27. The lowest BCUT2D eigenvalue weighted by atomic mass is 10.2. The Bertz CT molecular complexity index is 674. The van der Waals surface area contributed by atoms with E-state index < -0.39 is 5.97 Å². The molecule has 110 valence electrons. The van der Waals surface area contributed by atoms with Gasteiger partial charge in [0.1, 0.15) is 5.82 Å². The first kappa shape index (κ1) is 15.1. The van der Waals surface area contributed by atoms with Crippen LogP contribution >= 0.6 is 11.6 Å². The van der Waals surface area contributed by atoms with Crippen LogP contribution < -0.4 is 11.1 Å². The zero-order chi connectivity index (χ0) is 15.4. The molecule has 2 aromatic rings. The molecule has 0 atom stereocenters. The first-order chi connectivity index (χ1) is 10.0. The number of carbonyl (C=O) groups is 1. The number of carbonyl (C=O) groups excluding carboxylic acids is 1. The molecule has 0 saturated heterocycles. The number of benzene rings is 1. The lowest BCUT2D eigenvalue weighted by Gasteiger charge is -2.11. The maximum atomic E-state index is 11.8. The summed E-state index contributed by atoms with van der Waals surface area (Å²) in [6.45, 7) is 3.98. The van der Waals surface area contributed by atoms with Crippen molar-refractivity contribution in [2.24, 2.45) is 0 Å². The van der Waals surface area contributed by atoms with Crippen LogP contribution in [0.1, 0.15) is 22.8 Å². The van der Waals surface area contributed by atoms with Gasteiger partial charge in [0.15, 0.2) is 0 Å². The fourth-order valence-corrected chi connectivity index (χ4v) is 1.96. The van der Waals surface area contributed by atoms with Crippen LogP contribution in [0.25, 0.3) is 0 Å². The Labute approximate surface area is 128 Å². The molecule has 1 aromatic heterocycles. The van der Waals surface area contributed by atoms with Gasteiger partial charge in [0, 0.05) is 0 Å². The molecule has 1 aromatic carbocycles. The van der Waals surface area contributed by atoms with Gasteiger partial charge in [-0.05, 0) is 37.6 Å². The fraction of sp³-hybridized carbons (Fsp3) is 0.200. The standard InChI is InChI=1S/C15H16ClN3O2/c1-3-21-15(20)10-7-14(18-8-12(10)17)19-13-6-9(2)4-5-11(13)16/h4-8H,3,17H2,1-2H3,(H,18,19). The van der Waals surface area contributed by atoms with Crippen molar-refractivity contribution in [2.45, 2.75) is 13.8 Å². The zero-order valence-electron chi connectivity index (χ0n) is 11.8. The number of hydrogen-bond donors (Lipinski definition) is 2. The summed E-state index contributed by atoms with van der Waals surface area (Å²) in [5.74, 6) is -0.00413. The van der Waals surface area contributed by atoms with Crippen molar-refractivity contribution in [3.05, 3.63) is 46.6 Å². The van der Waals surface area contributed by atoms with Crippen molar-refractivity contribution < 1.29 is 9.53 Å². The molecule has 2 rings (SSSR count). The van der Waals surface area contributed by atoms with Crippen molar-refractivity contribution in [1.82, 2.24) is 4.98 Å². The molecule has 0 aliphatic rings. The van der Waals surface area contributed by atoms with Crippen LogP contribution in [0.3, 0.4) is 0 Å². The maximum Gasteiger partial charge on any atom is 0.340 e. The van der Waals surface area contributed by atoms with E-state index in [1.807, 2.05) is 19.1 Å². The highest BCUT2D eigenvalue weighted by Crippen LogP contribution is 2.26. The smallest absolute Gasteiger partial charge is 0.340 e. The summed E-state index contributed by atoms with van der Waals surface area (Å²) in [5, 5.41) is 3.64. The van der Waals surface area contributed by atoms with E-state index in [4.69, 9.17) is 22.1 Å². The number of esters is 1. The summed E-state index contributed by atoms with van der Waals surface area (Å²) in [7, 11) is 0. The maximum absolute atomic E-state index is 11.8. The Morgan fingerprint density at radius 3 is 2.90 bits per heavy atom. The molecule has 0 amide bonds. The average molecular weight is 306 g/mol. The minimum atomic E-state index is -0.476. The highest BCUT2D eigenvalue weighted by atomic mass is 35.5. The van der Waals surface area contributed by atoms with Crippen LogP contribution in [0.5, 0.6) is 0 Å². The summed E-state index contributed by atoms with van der Waals surface area (Å²) < 4.78 is 4.96. The Morgan fingerprint density at radius 1 is 1.43 bits per heavy atom. The summed E-state index contributed by atoms with van der Waals surface area (Å²) in [6.07, 6.45) is 1.41. The Morgan fingerprint density at radius 2 is 2.19 bits per heavy atom. The van der Waals surface area contributed by atoms with Crippen molar-refractivity contribution in [3.8, 4) is 0 Å². The molecular weight excluding hydrogens is 290 g/mol. The molecule has 5 nitrogen and oxygen atoms in total. The van der Waals surface area contributed by atoms with Crippen LogP contribution in [0.15, 0.2) is 30.5 Å². The van der Waals surface area contributed by atoms with Crippen LogP contribution in [0, 0.1) is 6.92 Å². The lowest BCUT2D eigenvalue weighted by molar-refractivity contribution is 0.0527. The normalized spacial score (nSPS) is 10.2. The van der Waals surface area contributed by atoms with Gasteiger partial charge in [-0.25, -0.2) is 9.78 Å². The van der Waals surface area contributed by atoms with E-state index in [1.54, 1.807) is 19.1 Å². The van der Waals surface area contributed by atoms with Crippen molar-refractivity contribution in [1.29, 1.82) is 0 Å². The average Bonchev–Trinajstić information content (AvgIpc) is 2.45. The number of nitrogen functional groups attached to an aromatic ring is 1. The van der Waals surface area contributed by atoms with E-state index in [-0.39, 0.29) is 17.9 Å². The minimum absolute atomic E-state index is 0.273. The number of nitrogens with one attached hydrogen (secondary N) is 1. The first-order valence-electron chi connectivity index (χ1n) is 6.47. The van der Waals surface area contributed by atoms with Gasteiger partial charge in [0.2, 0.25) is 0 Å². The Balaban J connectivity index is 2.31. The second-order valence-electron chi connectivity index (χ2n) is 4.49. The number of halogens is 1. The number of anilines is 3. The number of rotatable bonds is 4. The van der Waals surface area contributed by atoms with E-state index >= 15 is 0 Å². The van der Waals surface area contributed by atoms with E-state index in [2.05, 4.69) is 10.3 Å². The molecule has 0 spiro atoms. The molecule has 0 aliphatic heterocycles. The topological polar surface area (TPSA) is 77.2 Å². The van der Waals surface area contributed by atoms with Gasteiger partial charge in [0.25, 0.3) is 0 Å². The molecule has 0 fully saturated rings. The number of hydrogen-bond acceptors (Lipinski definition) is 5. The zero-order valence-corrected chi connectivity index (χ0v) is 12.6. The third-order valence-electron chi connectivity index (χ3n) is 2.81. The van der Waals surface area contributed by atoms with E-state index in [9.17, 15) is 4.79 Å². The highest BCUT2D eigenvalue weighted by Gasteiger charge is 2.13. The molecule has 0 aliphatic carbocycles. The van der Waals surface area contributed by atoms with Gasteiger partial charge in [0.05, 0.1) is 34.8 Å². The number of pyridine rings is 1. The minimum Gasteiger partial charge on any atom is -0.462 e. The number of aryl methyl sites for hydroxylation is 1. The van der Waals surface area contributed by atoms with Crippen molar-refractivity contribution >= 4 is 34.8 Å². The number of nitrogens with zero attached hydrogens (tertiary/aromatic N) is 1. The second kappa shape index (κ2) is 6.45. The summed E-state index contributed by atoms with van der Waals surface area (Å²) >= 11 is 6.12. The largest absolute Gasteiger partial charge is 0.462 e. The van der Waals surface area contributed by atoms with E-state index in [0.29, 0.717) is 16.5 Å². The van der Waals surface area contributed by atoms with Crippen LogP contribution in [0.4, 0.5) is 17.2 Å². The van der Waals surface area contributed by atoms with Crippen LogP contribution in [0.2, 0.25) is 5.02 Å². The lowest BCUT2D eigenvalue weighted by Crippen LogP contribution is -2.09. The number of ether oxygens (including phenoxy) is 1. The highest BCUT2D eigenvalue weighted by molar-refractivity contribution is 6.33. The third kappa shape index (κ3) is 3.64. The molecule has 3 N–H and O–H groups in total. The third-order valence-corrected chi connectivity index (χ3v) is 3.14. The van der Waals surface area contributed by atoms with Gasteiger partial charge in [-0.3, -0.25) is 0 Å². The van der Waals surface area contributed by atoms with E-state index in [1.165, 1.54) is 6.20 Å². The summed E-state index contributed by atoms with van der Waals surface area (Å²) in [5.41, 5.74) is 8.07. The predicted molar refractivity (Wildman–Crippen MR) is 84.1 cm³/mol. The molecule has 0 radical (unpaired) electrons. The van der Waals surface area contributed by atoms with Gasteiger partial charge >= 0.3 is 5.97 Å². The summed E-state index contributed by atoms with van der Waals surface area (Å²) in [6, 6.07) is 7.15. The Kier molecular flexibility index (Phi) is 4.65. The first-order valence-corrected chi connectivity index (χ1v) is 6.85. The van der Waals surface area contributed by atoms with Crippen LogP contribution in [-0.2, 0) is 4.74 Å². The van der Waals surface area contributed by atoms with Crippen molar-refractivity contribution in [2.75, 3.05) is 17.7 Å². The van der Waals surface area contributed by atoms with Gasteiger partial charge in [-0.1, -0.05) is 17.7 Å². The van der Waals surface area contributed by atoms with Gasteiger partial charge in [-0.15, -0.1) is 0 Å². The number of aromatic nitrogens is 1. The fourth-order valence-electron chi connectivity index (χ4n) is 1.79. The quantitative estimate of drug-likeness (QED) is 0.845. The molecule has 0 unspecified atom stereocenters.